The van der Waals surface area contributed by atoms with Crippen LogP contribution < -0.4 is 15.0 Å². The van der Waals surface area contributed by atoms with Crippen LogP contribution in [0.5, 0.6) is 11.5 Å². The predicted molar refractivity (Wildman–Crippen MR) is 160 cm³/mol. The van der Waals surface area contributed by atoms with Crippen molar-refractivity contribution in [3.8, 4) is 11.5 Å². The van der Waals surface area contributed by atoms with E-state index in [1.165, 1.54) is 4.68 Å². The second-order valence-corrected chi connectivity index (χ2v) is 10.1. The highest BCUT2D eigenvalue weighted by atomic mass is 79.9. The Labute approximate surface area is 240 Å². The highest BCUT2D eigenvalue weighted by molar-refractivity contribution is 9.10. The third-order valence-electron chi connectivity index (χ3n) is 6.27. The second kappa shape index (κ2) is 13.2. The average molecular weight is 605 g/mol. The van der Waals surface area contributed by atoms with E-state index < -0.39 is 5.97 Å². The number of rotatable bonds is 12. The van der Waals surface area contributed by atoms with E-state index >= 15 is 0 Å². The number of hydrogen-bond donors (Lipinski definition) is 1. The number of carboxylic acids is 1. The van der Waals surface area contributed by atoms with Gasteiger partial charge in [0.1, 0.15) is 12.4 Å². The average Bonchev–Trinajstić information content (AvgIpc) is 2.95. The molecule has 0 saturated carbocycles. The lowest BCUT2D eigenvalue weighted by atomic mass is 10.1. The summed E-state index contributed by atoms with van der Waals surface area (Å²) in [6, 6.07) is 15.7. The Morgan fingerprint density at radius 2 is 1.95 bits per heavy atom. The lowest BCUT2D eigenvalue weighted by Crippen LogP contribution is -2.22. The smallest absolute Gasteiger partial charge is 0.335 e. The zero-order chi connectivity index (χ0) is 28.6. The minimum absolute atomic E-state index is 0.212. The van der Waals surface area contributed by atoms with Crippen molar-refractivity contribution >= 4 is 39.0 Å². The molecule has 0 aliphatic carbocycles. The molecular weight excluding hydrogens is 574 g/mol. The number of nitrogens with zero attached hydrogens (tertiary/aromatic N) is 3. The quantitative estimate of drug-likeness (QED) is 0.148. The number of unbranched alkanes of at least 4 members (excludes halogenated alkanes) is 1. The van der Waals surface area contributed by atoms with Crippen molar-refractivity contribution in [1.82, 2.24) is 9.66 Å². The zero-order valence-electron chi connectivity index (χ0n) is 22.4. The standard InChI is InChI=1S/C31H30BrN3O5/c1-4-6-8-28-34-26-14-13-24(32)17-25(26)30(36)35(28)33-18-21-15-23(7-5-2)29(27(16-21)39-3)40-19-20-9-11-22(12-10-20)31(37)38/h5,9-18H,2,4,6-8,19H2,1,3H3,(H,37,38). The number of methoxy groups -OCH3 is 1. The largest absolute Gasteiger partial charge is 0.493 e. The molecule has 1 aromatic heterocycles. The van der Waals surface area contributed by atoms with Gasteiger partial charge in [-0.15, -0.1) is 6.58 Å². The Hall–Kier alpha value is -4.24. The maximum atomic E-state index is 13.4. The summed E-state index contributed by atoms with van der Waals surface area (Å²) < 4.78 is 13.9. The van der Waals surface area contributed by atoms with Gasteiger partial charge in [-0.3, -0.25) is 4.79 Å². The predicted octanol–water partition coefficient (Wildman–Crippen LogP) is 6.40. The fourth-order valence-corrected chi connectivity index (χ4v) is 4.58. The Morgan fingerprint density at radius 3 is 2.62 bits per heavy atom. The highest BCUT2D eigenvalue weighted by Gasteiger charge is 2.14. The van der Waals surface area contributed by atoms with Crippen molar-refractivity contribution in [1.29, 1.82) is 0 Å². The van der Waals surface area contributed by atoms with Crippen LogP contribution in [0, 0.1) is 0 Å². The maximum absolute atomic E-state index is 13.4. The van der Waals surface area contributed by atoms with Crippen molar-refractivity contribution in [3.63, 3.8) is 0 Å². The summed E-state index contributed by atoms with van der Waals surface area (Å²) in [5, 5.41) is 14.2. The molecule has 0 fully saturated rings. The first-order valence-electron chi connectivity index (χ1n) is 12.9. The van der Waals surface area contributed by atoms with Gasteiger partial charge in [-0.25, -0.2) is 9.78 Å². The molecule has 0 aliphatic heterocycles. The van der Waals surface area contributed by atoms with Crippen LogP contribution in [0.4, 0.5) is 0 Å². The third-order valence-corrected chi connectivity index (χ3v) is 6.77. The Morgan fingerprint density at radius 1 is 1.18 bits per heavy atom. The van der Waals surface area contributed by atoms with Gasteiger partial charge >= 0.3 is 5.97 Å². The zero-order valence-corrected chi connectivity index (χ0v) is 24.0. The summed E-state index contributed by atoms with van der Waals surface area (Å²) in [4.78, 5) is 29.3. The molecule has 0 atom stereocenters. The molecule has 0 unspecified atom stereocenters. The number of aromatic carboxylic acids is 1. The molecule has 0 aliphatic rings. The summed E-state index contributed by atoms with van der Waals surface area (Å²) in [6.07, 6.45) is 6.37. The van der Waals surface area contributed by atoms with Gasteiger partial charge in [0.15, 0.2) is 11.5 Å². The Balaban J connectivity index is 1.69. The number of fused-ring (bicyclic) bond motifs is 1. The van der Waals surface area contributed by atoms with E-state index in [0.717, 1.165) is 34.0 Å². The molecule has 206 valence electrons. The minimum Gasteiger partial charge on any atom is -0.493 e. The second-order valence-electron chi connectivity index (χ2n) is 9.15. The van der Waals surface area contributed by atoms with E-state index in [1.54, 1.807) is 55.8 Å². The lowest BCUT2D eigenvalue weighted by molar-refractivity contribution is 0.0697. The van der Waals surface area contributed by atoms with Crippen LogP contribution in [-0.2, 0) is 19.4 Å². The first-order valence-corrected chi connectivity index (χ1v) is 13.7. The number of ether oxygens (including phenoxy) is 2. The van der Waals surface area contributed by atoms with E-state index in [0.29, 0.717) is 41.1 Å². The van der Waals surface area contributed by atoms with E-state index in [2.05, 4.69) is 34.5 Å². The molecule has 0 spiro atoms. The van der Waals surface area contributed by atoms with Gasteiger partial charge in [0.2, 0.25) is 0 Å². The van der Waals surface area contributed by atoms with Crippen LogP contribution >= 0.6 is 15.9 Å². The molecule has 1 heterocycles. The summed E-state index contributed by atoms with van der Waals surface area (Å²) in [6.45, 7) is 6.18. The van der Waals surface area contributed by atoms with Crippen LogP contribution in [-0.4, -0.2) is 34.1 Å². The van der Waals surface area contributed by atoms with Crippen molar-refractivity contribution in [2.45, 2.75) is 39.2 Å². The van der Waals surface area contributed by atoms with Gasteiger partial charge in [-0.2, -0.15) is 9.78 Å². The highest BCUT2D eigenvalue weighted by Crippen LogP contribution is 2.34. The number of aryl methyl sites for hydroxylation is 1. The number of carbonyl (C=O) groups is 1. The van der Waals surface area contributed by atoms with Crippen LogP contribution in [0.2, 0.25) is 0 Å². The number of halogens is 1. The van der Waals surface area contributed by atoms with E-state index in [1.807, 2.05) is 18.2 Å². The van der Waals surface area contributed by atoms with Gasteiger partial charge in [0, 0.05) is 16.5 Å². The first-order chi connectivity index (χ1) is 19.3. The van der Waals surface area contributed by atoms with Gasteiger partial charge in [-0.1, -0.05) is 47.5 Å². The molecule has 0 radical (unpaired) electrons. The van der Waals surface area contributed by atoms with Crippen molar-refractivity contribution in [3.05, 3.63) is 110 Å². The van der Waals surface area contributed by atoms with Crippen molar-refractivity contribution in [2.75, 3.05) is 7.11 Å². The molecule has 40 heavy (non-hydrogen) atoms. The SMILES string of the molecule is C=CCc1cc(C=Nn2c(CCCC)nc3ccc(Br)cc3c2=O)cc(OC)c1OCc1ccc(C(=O)O)cc1. The van der Waals surface area contributed by atoms with Crippen molar-refractivity contribution in [2.24, 2.45) is 5.10 Å². The number of benzene rings is 3. The van der Waals surface area contributed by atoms with Crippen molar-refractivity contribution < 1.29 is 19.4 Å². The topological polar surface area (TPSA) is 103 Å². The lowest BCUT2D eigenvalue weighted by Gasteiger charge is -2.16. The number of aromatic nitrogens is 2. The van der Waals surface area contributed by atoms with Gasteiger partial charge in [0.25, 0.3) is 5.56 Å². The fourth-order valence-electron chi connectivity index (χ4n) is 4.21. The third kappa shape index (κ3) is 6.66. The molecule has 3 aromatic carbocycles. The molecule has 0 saturated heterocycles. The summed E-state index contributed by atoms with van der Waals surface area (Å²) in [5.74, 6) is 0.679. The van der Waals surface area contributed by atoms with E-state index in [9.17, 15) is 9.59 Å². The molecule has 0 bridgehead atoms. The molecule has 4 rings (SSSR count). The van der Waals surface area contributed by atoms with Gasteiger partial charge in [-0.05, 0) is 66.4 Å². The van der Waals surface area contributed by atoms with Crippen LogP contribution in [0.15, 0.2) is 81.6 Å². The summed E-state index contributed by atoms with van der Waals surface area (Å²) in [7, 11) is 1.56. The summed E-state index contributed by atoms with van der Waals surface area (Å²) in [5.41, 5.74) is 2.98. The van der Waals surface area contributed by atoms with E-state index in [-0.39, 0.29) is 17.7 Å². The fraction of sp³-hybridized carbons (Fsp3) is 0.226. The normalized spacial score (nSPS) is 11.2. The number of hydrogen-bond acceptors (Lipinski definition) is 6. The monoisotopic (exact) mass is 603 g/mol. The van der Waals surface area contributed by atoms with E-state index in [4.69, 9.17) is 19.6 Å². The van der Waals surface area contributed by atoms with Crippen LogP contribution in [0.25, 0.3) is 10.9 Å². The molecule has 1 N–H and O–H groups in total. The molecule has 8 nitrogen and oxygen atoms in total. The van der Waals surface area contributed by atoms with Crippen LogP contribution in [0.3, 0.4) is 0 Å². The molecular formula is C31H30BrN3O5. The number of carboxylic acid groups (broad SMARTS) is 1. The minimum atomic E-state index is -0.980. The Kier molecular flexibility index (Phi) is 9.50. The number of allylic oxidation sites excluding steroid dienone is 1. The first kappa shape index (κ1) is 28.8. The molecule has 9 heteroatoms. The molecule has 0 amide bonds. The maximum Gasteiger partial charge on any atom is 0.335 e. The molecule has 4 aromatic rings. The van der Waals surface area contributed by atoms with Crippen LogP contribution in [0.1, 0.15) is 52.6 Å². The Bertz CT molecular complexity index is 1630. The summed E-state index contributed by atoms with van der Waals surface area (Å²) >= 11 is 3.44. The van der Waals surface area contributed by atoms with Gasteiger partial charge < -0.3 is 14.6 Å². The van der Waals surface area contributed by atoms with Gasteiger partial charge in [0.05, 0.1) is 29.8 Å².